The van der Waals surface area contributed by atoms with Gasteiger partial charge in [0.1, 0.15) is 23.3 Å². The lowest BCUT2D eigenvalue weighted by Crippen LogP contribution is -1.99. The average molecular weight is 324 g/mol. The fourth-order valence-electron chi connectivity index (χ4n) is 3.09. The van der Waals surface area contributed by atoms with E-state index in [4.69, 9.17) is 10.5 Å². The minimum absolute atomic E-state index is 0.309. The maximum absolute atomic E-state index is 14.4. The Morgan fingerprint density at radius 2 is 1.96 bits per heavy atom. The van der Waals surface area contributed by atoms with E-state index in [-0.39, 0.29) is 5.82 Å². The number of nitrogens with zero attached hydrogens (tertiary/aromatic N) is 3. The van der Waals surface area contributed by atoms with Crippen LogP contribution in [0, 0.1) is 37.9 Å². The smallest absolute Gasteiger partial charge is 0.148 e. The van der Waals surface area contributed by atoms with Gasteiger partial charge >= 0.3 is 0 Å². The molecule has 0 aliphatic heterocycles. The second-order valence-electron chi connectivity index (χ2n) is 5.72. The summed E-state index contributed by atoms with van der Waals surface area (Å²) >= 11 is 0. The lowest BCUT2D eigenvalue weighted by molar-refractivity contribution is 0.408. The van der Waals surface area contributed by atoms with Crippen LogP contribution in [-0.4, -0.2) is 16.5 Å². The van der Waals surface area contributed by atoms with Crippen LogP contribution < -0.4 is 10.5 Å². The summed E-state index contributed by atoms with van der Waals surface area (Å²) in [6.45, 7) is 5.36. The maximum atomic E-state index is 14.4. The molecule has 0 aliphatic carbocycles. The number of hydrogen-bond donors (Lipinski definition) is 1. The number of aryl methyl sites for hydroxylation is 1. The van der Waals surface area contributed by atoms with Gasteiger partial charge in [0, 0.05) is 17.8 Å². The zero-order chi connectivity index (χ0) is 17.6. The predicted molar refractivity (Wildman–Crippen MR) is 90.5 cm³/mol. The Hall–Kier alpha value is -3.07. The molecule has 0 bridgehead atoms. The molecule has 3 rings (SSSR count). The number of halogens is 1. The first-order valence-corrected chi connectivity index (χ1v) is 7.41. The van der Waals surface area contributed by atoms with E-state index in [9.17, 15) is 9.65 Å². The zero-order valence-electron chi connectivity index (χ0n) is 13.9. The number of rotatable bonds is 2. The first-order valence-electron chi connectivity index (χ1n) is 7.41. The largest absolute Gasteiger partial charge is 0.496 e. The van der Waals surface area contributed by atoms with Gasteiger partial charge in [-0.2, -0.15) is 5.26 Å². The molecule has 0 fully saturated rings. The molecule has 1 aromatic carbocycles. The summed E-state index contributed by atoms with van der Waals surface area (Å²) in [4.78, 5) is 4.30. The minimum Gasteiger partial charge on any atom is -0.496 e. The van der Waals surface area contributed by atoms with Crippen molar-refractivity contribution in [2.75, 3.05) is 12.8 Å². The summed E-state index contributed by atoms with van der Waals surface area (Å²) in [5, 5.41) is 9.49. The van der Waals surface area contributed by atoms with Gasteiger partial charge in [-0.25, -0.2) is 4.39 Å². The Morgan fingerprint density at radius 3 is 2.58 bits per heavy atom. The van der Waals surface area contributed by atoms with Crippen molar-refractivity contribution in [1.29, 1.82) is 5.26 Å². The molecule has 5 nitrogen and oxygen atoms in total. The highest BCUT2D eigenvalue weighted by Crippen LogP contribution is 2.42. The van der Waals surface area contributed by atoms with Crippen molar-refractivity contribution >= 4 is 11.2 Å². The number of nitriles is 1. The first kappa shape index (κ1) is 15.8. The highest BCUT2D eigenvalue weighted by Gasteiger charge is 2.23. The average Bonchev–Trinajstić information content (AvgIpc) is 2.82. The molecule has 2 N–H and O–H groups in total. The van der Waals surface area contributed by atoms with E-state index >= 15 is 0 Å². The lowest BCUT2D eigenvalue weighted by atomic mass is 9.94. The fourth-order valence-corrected chi connectivity index (χ4v) is 3.09. The quantitative estimate of drug-likeness (QED) is 0.782. The van der Waals surface area contributed by atoms with Gasteiger partial charge in [0.05, 0.1) is 30.2 Å². The number of benzene rings is 1. The molecule has 122 valence electrons. The number of anilines is 1. The van der Waals surface area contributed by atoms with E-state index < -0.39 is 0 Å². The number of ether oxygens (including phenoxy) is 1. The van der Waals surface area contributed by atoms with Gasteiger partial charge in [-0.1, -0.05) is 0 Å². The lowest BCUT2D eigenvalue weighted by Gasteiger charge is -2.15. The number of nitrogen functional groups attached to an aromatic ring is 1. The molecule has 0 radical (unpaired) electrons. The second kappa shape index (κ2) is 5.53. The van der Waals surface area contributed by atoms with Crippen molar-refractivity contribution in [3.05, 3.63) is 46.8 Å². The van der Waals surface area contributed by atoms with Crippen LogP contribution in [0.15, 0.2) is 18.5 Å². The molecule has 2 aromatic heterocycles. The molecule has 0 amide bonds. The maximum Gasteiger partial charge on any atom is 0.148 e. The van der Waals surface area contributed by atoms with Gasteiger partial charge in [0.15, 0.2) is 0 Å². The molecule has 0 saturated heterocycles. The third-order valence-electron chi connectivity index (χ3n) is 4.30. The van der Waals surface area contributed by atoms with E-state index in [2.05, 4.69) is 11.1 Å². The number of hydrogen-bond acceptors (Lipinski definition) is 4. The summed E-state index contributed by atoms with van der Waals surface area (Å²) in [6.07, 6.45) is 3.40. The van der Waals surface area contributed by atoms with Crippen LogP contribution in [0.4, 0.5) is 10.1 Å². The van der Waals surface area contributed by atoms with Crippen LogP contribution in [0.3, 0.4) is 0 Å². The Bertz CT molecular complexity index is 1010. The molecule has 24 heavy (non-hydrogen) atoms. The third kappa shape index (κ3) is 2.09. The normalized spacial score (nSPS) is 10.8. The SMILES string of the molecule is COc1cc(F)c(C)c(-c2c(N)c(C#N)n3cc(C)ncc23)c1C. The molecule has 0 spiro atoms. The predicted octanol–water partition coefficient (Wildman–Crippen LogP) is 3.53. The van der Waals surface area contributed by atoms with Crippen molar-refractivity contribution in [3.8, 4) is 22.9 Å². The van der Waals surface area contributed by atoms with Gasteiger partial charge in [0.25, 0.3) is 0 Å². The van der Waals surface area contributed by atoms with Gasteiger partial charge in [-0.3, -0.25) is 4.98 Å². The van der Waals surface area contributed by atoms with E-state index in [1.807, 2.05) is 13.8 Å². The summed E-state index contributed by atoms with van der Waals surface area (Å²) in [5.41, 5.74) is 10.7. The van der Waals surface area contributed by atoms with Gasteiger partial charge < -0.3 is 14.9 Å². The molecule has 0 aliphatic rings. The van der Waals surface area contributed by atoms with Crippen molar-refractivity contribution < 1.29 is 9.13 Å². The molecular formula is C18H17FN4O. The van der Waals surface area contributed by atoms with E-state index in [1.165, 1.54) is 13.2 Å². The Labute approximate surface area is 139 Å². The van der Waals surface area contributed by atoms with Crippen molar-refractivity contribution in [2.24, 2.45) is 0 Å². The van der Waals surface area contributed by atoms with E-state index in [0.29, 0.717) is 39.3 Å². The molecule has 0 unspecified atom stereocenters. The Kier molecular flexibility index (Phi) is 3.64. The summed E-state index contributed by atoms with van der Waals surface area (Å²) in [5.74, 6) is 0.0511. The number of aromatic nitrogens is 2. The van der Waals surface area contributed by atoms with Crippen LogP contribution in [0.5, 0.6) is 5.75 Å². The number of nitrogens with two attached hydrogens (primary N) is 1. The highest BCUT2D eigenvalue weighted by molar-refractivity contribution is 5.96. The van der Waals surface area contributed by atoms with E-state index in [1.54, 1.807) is 23.7 Å². The molecule has 0 saturated carbocycles. The van der Waals surface area contributed by atoms with Crippen molar-refractivity contribution in [2.45, 2.75) is 20.8 Å². The van der Waals surface area contributed by atoms with Gasteiger partial charge in [-0.05, 0) is 37.5 Å². The van der Waals surface area contributed by atoms with Crippen LogP contribution in [0.2, 0.25) is 0 Å². The molecule has 3 aromatic rings. The summed E-state index contributed by atoms with van der Waals surface area (Å²) in [6, 6.07) is 3.48. The third-order valence-corrected chi connectivity index (χ3v) is 4.30. The second-order valence-corrected chi connectivity index (χ2v) is 5.72. The van der Waals surface area contributed by atoms with Gasteiger partial charge in [0.2, 0.25) is 0 Å². The molecule has 6 heteroatoms. The summed E-state index contributed by atoms with van der Waals surface area (Å²) < 4.78 is 21.3. The highest BCUT2D eigenvalue weighted by atomic mass is 19.1. The zero-order valence-corrected chi connectivity index (χ0v) is 13.9. The molecule has 2 heterocycles. The monoisotopic (exact) mass is 324 g/mol. The van der Waals surface area contributed by atoms with Crippen LogP contribution in [-0.2, 0) is 0 Å². The first-order chi connectivity index (χ1) is 11.4. The topological polar surface area (TPSA) is 76.3 Å². The number of fused-ring (bicyclic) bond motifs is 1. The number of methoxy groups -OCH3 is 1. The van der Waals surface area contributed by atoms with Gasteiger partial charge in [-0.15, -0.1) is 0 Å². The summed E-state index contributed by atoms with van der Waals surface area (Å²) in [7, 11) is 1.49. The standard InChI is InChI=1S/C18H17FN4O/c1-9-8-23-13(6-20)18(21)17(14(23)7-22-9)16-10(2)12(19)5-15(24-4)11(16)3/h5,7-8H,21H2,1-4H3. The molecule has 0 atom stereocenters. The van der Waals surface area contributed by atoms with Crippen LogP contribution in [0.25, 0.3) is 16.6 Å². The Morgan fingerprint density at radius 1 is 1.25 bits per heavy atom. The Balaban J connectivity index is 2.51. The van der Waals surface area contributed by atoms with E-state index in [0.717, 1.165) is 11.3 Å². The fraction of sp³-hybridized carbons (Fsp3) is 0.222. The minimum atomic E-state index is -0.384. The van der Waals surface area contributed by atoms with Crippen LogP contribution >= 0.6 is 0 Å². The van der Waals surface area contributed by atoms with Crippen LogP contribution in [0.1, 0.15) is 22.5 Å². The van der Waals surface area contributed by atoms with Crippen molar-refractivity contribution in [3.63, 3.8) is 0 Å². The van der Waals surface area contributed by atoms with Crippen molar-refractivity contribution in [1.82, 2.24) is 9.38 Å². The molecular weight excluding hydrogens is 307 g/mol.